The highest BCUT2D eigenvalue weighted by molar-refractivity contribution is 6.08. The molecule has 0 spiro atoms. The Balaban J connectivity index is 2.34. The molecule has 6 nitrogen and oxygen atoms in total. The van der Waals surface area contributed by atoms with Crippen molar-refractivity contribution in [3.63, 3.8) is 0 Å². The second-order valence-electron chi connectivity index (χ2n) is 3.92. The smallest absolute Gasteiger partial charge is 0.323 e. The molecule has 2 N–H and O–H groups in total. The Bertz CT molecular complexity index is 625. The summed E-state index contributed by atoms with van der Waals surface area (Å²) in [4.78, 5) is 28.6. The summed E-state index contributed by atoms with van der Waals surface area (Å²) in [7, 11) is 3.05. The first-order valence-corrected chi connectivity index (χ1v) is 5.64. The Morgan fingerprint density at radius 1 is 1.16 bits per heavy atom. The standard InChI is InChI=1S/C13H14N2O4/c1-18-7-10-11(15-13(17)14-10)12(16)8-3-5-9(19-2)6-4-8/h3-6H,7H2,1-2H3,(H2,14,15,17). The van der Waals surface area contributed by atoms with Gasteiger partial charge in [0, 0.05) is 12.7 Å². The molecule has 0 saturated heterocycles. The Morgan fingerprint density at radius 3 is 2.42 bits per heavy atom. The van der Waals surface area contributed by atoms with Crippen LogP contribution < -0.4 is 10.4 Å². The van der Waals surface area contributed by atoms with Crippen molar-refractivity contribution < 1.29 is 14.3 Å². The monoisotopic (exact) mass is 262 g/mol. The topological polar surface area (TPSA) is 84.2 Å². The lowest BCUT2D eigenvalue weighted by Gasteiger charge is -2.03. The quantitative estimate of drug-likeness (QED) is 0.790. The minimum absolute atomic E-state index is 0.163. The number of carbonyl (C=O) groups is 1. The van der Waals surface area contributed by atoms with E-state index in [0.717, 1.165) is 0 Å². The minimum Gasteiger partial charge on any atom is -0.497 e. The van der Waals surface area contributed by atoms with Crippen LogP contribution in [0, 0.1) is 0 Å². The summed E-state index contributed by atoms with van der Waals surface area (Å²) in [5.74, 6) is 0.393. The van der Waals surface area contributed by atoms with Crippen molar-refractivity contribution in [3.05, 3.63) is 51.7 Å². The first-order valence-electron chi connectivity index (χ1n) is 5.64. The Hall–Kier alpha value is -2.34. The molecule has 0 atom stereocenters. The maximum Gasteiger partial charge on any atom is 0.323 e. The van der Waals surface area contributed by atoms with E-state index in [-0.39, 0.29) is 18.1 Å². The number of methoxy groups -OCH3 is 2. The molecule has 0 fully saturated rings. The third-order valence-electron chi connectivity index (χ3n) is 2.67. The van der Waals surface area contributed by atoms with Gasteiger partial charge in [0.25, 0.3) is 0 Å². The van der Waals surface area contributed by atoms with Crippen molar-refractivity contribution >= 4 is 5.78 Å². The Kier molecular flexibility index (Phi) is 3.82. The van der Waals surface area contributed by atoms with E-state index in [0.29, 0.717) is 17.0 Å². The van der Waals surface area contributed by atoms with Gasteiger partial charge in [0.2, 0.25) is 5.78 Å². The highest BCUT2D eigenvalue weighted by Gasteiger charge is 2.17. The van der Waals surface area contributed by atoms with Gasteiger partial charge in [-0.3, -0.25) is 4.79 Å². The van der Waals surface area contributed by atoms with Crippen molar-refractivity contribution in [2.24, 2.45) is 0 Å². The van der Waals surface area contributed by atoms with Gasteiger partial charge in [0.1, 0.15) is 11.4 Å². The van der Waals surface area contributed by atoms with Crippen molar-refractivity contribution in [2.45, 2.75) is 6.61 Å². The molecule has 2 aromatic rings. The van der Waals surface area contributed by atoms with Crippen LogP contribution in [-0.4, -0.2) is 30.0 Å². The number of benzene rings is 1. The third kappa shape index (κ3) is 2.74. The number of hydrogen-bond acceptors (Lipinski definition) is 4. The van der Waals surface area contributed by atoms with Crippen LogP contribution in [0.2, 0.25) is 0 Å². The van der Waals surface area contributed by atoms with Crippen molar-refractivity contribution in [2.75, 3.05) is 14.2 Å². The zero-order valence-corrected chi connectivity index (χ0v) is 10.6. The summed E-state index contributed by atoms with van der Waals surface area (Å²) in [6.07, 6.45) is 0. The second-order valence-corrected chi connectivity index (χ2v) is 3.92. The maximum atomic E-state index is 12.3. The lowest BCUT2D eigenvalue weighted by molar-refractivity contribution is 0.102. The lowest BCUT2D eigenvalue weighted by Crippen LogP contribution is -2.07. The molecule has 0 aliphatic rings. The van der Waals surface area contributed by atoms with E-state index in [1.807, 2.05) is 0 Å². The molecular weight excluding hydrogens is 248 g/mol. The van der Waals surface area contributed by atoms with E-state index in [1.165, 1.54) is 7.11 Å². The number of aromatic amines is 2. The molecule has 0 unspecified atom stereocenters. The number of hydrogen-bond donors (Lipinski definition) is 2. The SMILES string of the molecule is COCc1[nH]c(=O)[nH]c1C(=O)c1ccc(OC)cc1. The van der Waals surface area contributed by atoms with Crippen molar-refractivity contribution in [1.82, 2.24) is 9.97 Å². The second kappa shape index (κ2) is 5.53. The van der Waals surface area contributed by atoms with Gasteiger partial charge < -0.3 is 19.4 Å². The third-order valence-corrected chi connectivity index (χ3v) is 2.67. The van der Waals surface area contributed by atoms with Gasteiger partial charge in [-0.15, -0.1) is 0 Å². The molecule has 0 aliphatic heterocycles. The number of rotatable bonds is 5. The number of imidazole rings is 1. The Labute approximate surface area is 109 Å². The lowest BCUT2D eigenvalue weighted by atomic mass is 10.1. The number of nitrogens with one attached hydrogen (secondary N) is 2. The molecule has 0 radical (unpaired) electrons. The van der Waals surface area contributed by atoms with E-state index >= 15 is 0 Å². The van der Waals surface area contributed by atoms with Crippen LogP contribution in [0.15, 0.2) is 29.1 Å². The molecule has 0 amide bonds. The molecule has 19 heavy (non-hydrogen) atoms. The molecule has 0 saturated carbocycles. The highest BCUT2D eigenvalue weighted by Crippen LogP contribution is 2.15. The van der Waals surface area contributed by atoms with Crippen LogP contribution in [0.25, 0.3) is 0 Å². The van der Waals surface area contributed by atoms with Gasteiger partial charge in [-0.05, 0) is 24.3 Å². The van der Waals surface area contributed by atoms with Gasteiger partial charge in [-0.25, -0.2) is 4.79 Å². The van der Waals surface area contributed by atoms with E-state index < -0.39 is 5.69 Å². The van der Waals surface area contributed by atoms with E-state index in [1.54, 1.807) is 31.4 Å². The average molecular weight is 262 g/mol. The van der Waals surface area contributed by atoms with Gasteiger partial charge >= 0.3 is 5.69 Å². The van der Waals surface area contributed by atoms with Crippen LogP contribution in [0.5, 0.6) is 5.75 Å². The molecule has 1 aromatic carbocycles. The molecular formula is C13H14N2O4. The zero-order chi connectivity index (χ0) is 13.8. The molecule has 0 bridgehead atoms. The largest absolute Gasteiger partial charge is 0.497 e. The average Bonchev–Trinajstić information content (AvgIpc) is 2.79. The number of aromatic nitrogens is 2. The summed E-state index contributed by atoms with van der Waals surface area (Å²) < 4.78 is 9.97. The van der Waals surface area contributed by atoms with Gasteiger partial charge in [-0.1, -0.05) is 0 Å². The van der Waals surface area contributed by atoms with Crippen LogP contribution in [0.4, 0.5) is 0 Å². The number of ketones is 1. The molecule has 2 rings (SSSR count). The predicted octanol–water partition coefficient (Wildman–Crippen LogP) is 1.09. The molecule has 6 heteroatoms. The van der Waals surface area contributed by atoms with Gasteiger partial charge in [0.05, 0.1) is 19.4 Å². The van der Waals surface area contributed by atoms with Crippen LogP contribution in [0.3, 0.4) is 0 Å². The van der Waals surface area contributed by atoms with Crippen LogP contribution in [-0.2, 0) is 11.3 Å². The van der Waals surface area contributed by atoms with E-state index in [2.05, 4.69) is 9.97 Å². The molecule has 1 heterocycles. The van der Waals surface area contributed by atoms with Gasteiger partial charge in [-0.2, -0.15) is 0 Å². The minimum atomic E-state index is -0.427. The number of carbonyl (C=O) groups excluding carboxylic acids is 1. The van der Waals surface area contributed by atoms with Crippen LogP contribution >= 0.6 is 0 Å². The fourth-order valence-electron chi connectivity index (χ4n) is 1.75. The summed E-state index contributed by atoms with van der Waals surface area (Å²) in [6.45, 7) is 0.163. The predicted molar refractivity (Wildman–Crippen MR) is 68.6 cm³/mol. The molecule has 0 aliphatic carbocycles. The molecule has 1 aromatic heterocycles. The maximum absolute atomic E-state index is 12.3. The Morgan fingerprint density at radius 2 is 1.84 bits per heavy atom. The molecule has 100 valence electrons. The van der Waals surface area contributed by atoms with Crippen molar-refractivity contribution in [3.8, 4) is 5.75 Å². The first-order chi connectivity index (χ1) is 9.15. The van der Waals surface area contributed by atoms with Gasteiger partial charge in [0.15, 0.2) is 0 Å². The van der Waals surface area contributed by atoms with E-state index in [9.17, 15) is 9.59 Å². The summed E-state index contributed by atoms with van der Waals surface area (Å²) in [6, 6.07) is 6.66. The van der Waals surface area contributed by atoms with Crippen LogP contribution in [0.1, 0.15) is 21.7 Å². The van der Waals surface area contributed by atoms with E-state index in [4.69, 9.17) is 9.47 Å². The summed E-state index contributed by atoms with van der Waals surface area (Å²) >= 11 is 0. The first kappa shape index (κ1) is 13.1. The number of ether oxygens (including phenoxy) is 2. The summed E-state index contributed by atoms with van der Waals surface area (Å²) in [5.41, 5.74) is 0.697. The fourth-order valence-corrected chi connectivity index (χ4v) is 1.75. The fraction of sp³-hybridized carbons (Fsp3) is 0.231. The summed E-state index contributed by atoms with van der Waals surface area (Å²) in [5, 5.41) is 0. The normalized spacial score (nSPS) is 10.4. The highest BCUT2D eigenvalue weighted by atomic mass is 16.5. The number of H-pyrrole nitrogens is 2. The zero-order valence-electron chi connectivity index (χ0n) is 10.6. The van der Waals surface area contributed by atoms with Crippen molar-refractivity contribution in [1.29, 1.82) is 0 Å².